The number of halogens is 1. The monoisotopic (exact) mass is 327 g/mol. The van der Waals surface area contributed by atoms with Crippen LogP contribution in [0.4, 0.5) is 9.18 Å². The van der Waals surface area contributed by atoms with Gasteiger partial charge in [0.2, 0.25) is 0 Å². The zero-order valence-corrected chi connectivity index (χ0v) is 14.0. The number of amides is 1. The quantitative estimate of drug-likeness (QED) is 0.734. The van der Waals surface area contributed by atoms with Crippen LogP contribution in [0.5, 0.6) is 0 Å². The Kier molecular flexibility index (Phi) is 5.01. The van der Waals surface area contributed by atoms with Gasteiger partial charge in [0.1, 0.15) is 5.60 Å². The Hall–Kier alpha value is -1.59. The lowest BCUT2D eigenvalue weighted by Gasteiger charge is -2.51. The molecule has 0 spiro atoms. The van der Waals surface area contributed by atoms with E-state index in [1.165, 1.54) is 0 Å². The highest BCUT2D eigenvalue weighted by atomic mass is 19.1. The van der Waals surface area contributed by atoms with Crippen LogP contribution in [0.1, 0.15) is 46.5 Å². The van der Waals surface area contributed by atoms with Gasteiger partial charge in [-0.3, -0.25) is 9.18 Å². The average Bonchev–Trinajstić information content (AvgIpc) is 2.71. The second kappa shape index (κ2) is 6.49. The fraction of sp³-hybridized carbons (Fsp3) is 0.765. The molecule has 23 heavy (non-hydrogen) atoms. The van der Waals surface area contributed by atoms with Gasteiger partial charge < -0.3 is 15.2 Å². The number of ether oxygens (including phenoxy) is 1. The summed E-state index contributed by atoms with van der Waals surface area (Å²) in [7, 11) is 0. The first-order valence-corrected chi connectivity index (χ1v) is 8.09. The van der Waals surface area contributed by atoms with Gasteiger partial charge in [0, 0.05) is 12.0 Å². The minimum Gasteiger partial charge on any atom is -0.481 e. The molecule has 5 nitrogen and oxygen atoms in total. The summed E-state index contributed by atoms with van der Waals surface area (Å²) < 4.78 is 17.7. The molecule has 0 aromatic carbocycles. The number of carboxylic acids is 1. The summed E-state index contributed by atoms with van der Waals surface area (Å²) in [5.74, 6) is -0.381. The number of carboxylic acid groups (broad SMARTS) is 1. The lowest BCUT2D eigenvalue weighted by atomic mass is 9.53. The summed E-state index contributed by atoms with van der Waals surface area (Å²) in [5, 5.41) is 11.9. The largest absolute Gasteiger partial charge is 0.481 e. The fourth-order valence-electron chi connectivity index (χ4n) is 3.91. The van der Waals surface area contributed by atoms with Gasteiger partial charge in [0.05, 0.1) is 13.1 Å². The van der Waals surface area contributed by atoms with Crippen LogP contribution < -0.4 is 5.32 Å². The van der Waals surface area contributed by atoms with Crippen LogP contribution in [0.2, 0.25) is 0 Å². The van der Waals surface area contributed by atoms with Crippen molar-refractivity contribution in [2.24, 2.45) is 17.3 Å². The molecule has 0 unspecified atom stereocenters. The number of carbonyl (C=O) groups excluding carboxylic acids is 1. The van der Waals surface area contributed by atoms with Gasteiger partial charge in [0.15, 0.2) is 0 Å². The topological polar surface area (TPSA) is 75.6 Å². The third kappa shape index (κ3) is 4.24. The van der Waals surface area contributed by atoms with E-state index in [2.05, 4.69) is 5.32 Å². The summed E-state index contributed by atoms with van der Waals surface area (Å²) in [4.78, 5) is 23.1. The number of allylic oxidation sites excluding steroid dienone is 2. The van der Waals surface area contributed by atoms with Gasteiger partial charge in [-0.1, -0.05) is 11.6 Å². The average molecular weight is 327 g/mol. The number of fused-ring (bicyclic) bond motifs is 1. The Labute approximate surface area is 136 Å². The van der Waals surface area contributed by atoms with Crippen LogP contribution in [-0.2, 0) is 9.53 Å². The second-order valence-corrected chi connectivity index (χ2v) is 7.75. The van der Waals surface area contributed by atoms with Crippen molar-refractivity contribution in [1.29, 1.82) is 0 Å². The highest BCUT2D eigenvalue weighted by Crippen LogP contribution is 2.59. The Bertz CT molecular complexity index is 511. The number of aliphatic carboxylic acids is 1. The summed E-state index contributed by atoms with van der Waals surface area (Å²) in [6.07, 6.45) is 3.53. The van der Waals surface area contributed by atoms with Crippen molar-refractivity contribution in [3.63, 3.8) is 0 Å². The van der Waals surface area contributed by atoms with Gasteiger partial charge in [-0.25, -0.2) is 4.79 Å². The molecular weight excluding hydrogens is 301 g/mol. The molecule has 2 aliphatic carbocycles. The first kappa shape index (κ1) is 17.8. The molecule has 1 amide bonds. The number of alkyl carbamates (subject to hydrolysis) is 1. The van der Waals surface area contributed by atoms with Crippen LogP contribution in [-0.4, -0.2) is 36.0 Å². The molecule has 6 heteroatoms. The van der Waals surface area contributed by atoms with Gasteiger partial charge in [-0.2, -0.15) is 0 Å². The van der Waals surface area contributed by atoms with Crippen LogP contribution in [0, 0.1) is 17.3 Å². The Morgan fingerprint density at radius 1 is 1.48 bits per heavy atom. The van der Waals surface area contributed by atoms with E-state index in [-0.39, 0.29) is 25.6 Å². The zero-order valence-electron chi connectivity index (χ0n) is 14.0. The Balaban J connectivity index is 2.01. The zero-order chi connectivity index (χ0) is 17.3. The maximum absolute atomic E-state index is 12.5. The molecule has 1 fully saturated rings. The number of nitrogens with one attached hydrogen (secondary N) is 1. The van der Waals surface area contributed by atoms with E-state index in [1.54, 1.807) is 20.8 Å². The third-order valence-electron chi connectivity index (χ3n) is 4.73. The normalized spacial score (nSPS) is 29.3. The molecule has 0 radical (unpaired) electrons. The van der Waals surface area contributed by atoms with Gasteiger partial charge >= 0.3 is 12.1 Å². The molecule has 2 rings (SSSR count). The standard InChI is InChI=1S/C17H26FNO4/c1-16(2,3)23-15(22)19-10-17(9-14(20)21)8-12-6-11(4-5-18)7-13(12)17/h7,12-13H,4-6,8-10H2,1-3H3,(H,19,22)(H,20,21)/t12-,13+,17+/m0/s1. The van der Waals surface area contributed by atoms with Crippen LogP contribution >= 0.6 is 0 Å². The van der Waals surface area contributed by atoms with Crippen molar-refractivity contribution < 1.29 is 23.8 Å². The van der Waals surface area contributed by atoms with E-state index in [0.717, 1.165) is 18.4 Å². The van der Waals surface area contributed by atoms with Crippen LogP contribution in [0.3, 0.4) is 0 Å². The minimum absolute atomic E-state index is 0.00334. The van der Waals surface area contributed by atoms with Crippen molar-refractivity contribution in [3.05, 3.63) is 11.6 Å². The predicted molar refractivity (Wildman–Crippen MR) is 83.8 cm³/mol. The van der Waals surface area contributed by atoms with E-state index >= 15 is 0 Å². The molecule has 1 saturated carbocycles. The number of rotatable bonds is 6. The van der Waals surface area contributed by atoms with Gasteiger partial charge in [-0.15, -0.1) is 0 Å². The number of hydrogen-bond donors (Lipinski definition) is 2. The fourth-order valence-corrected chi connectivity index (χ4v) is 3.91. The molecule has 0 bridgehead atoms. The van der Waals surface area contributed by atoms with Crippen molar-refractivity contribution in [2.45, 2.75) is 52.1 Å². The number of alkyl halides is 1. The Morgan fingerprint density at radius 3 is 2.74 bits per heavy atom. The predicted octanol–water partition coefficient (Wildman–Crippen LogP) is 3.30. The van der Waals surface area contributed by atoms with E-state index in [4.69, 9.17) is 4.74 Å². The molecule has 0 aromatic rings. The third-order valence-corrected chi connectivity index (χ3v) is 4.73. The molecule has 0 aliphatic heterocycles. The smallest absolute Gasteiger partial charge is 0.407 e. The molecule has 0 aromatic heterocycles. The first-order valence-electron chi connectivity index (χ1n) is 8.09. The highest BCUT2D eigenvalue weighted by Gasteiger charge is 2.55. The van der Waals surface area contributed by atoms with E-state index < -0.39 is 23.1 Å². The minimum atomic E-state index is -0.873. The Morgan fingerprint density at radius 2 is 2.17 bits per heavy atom. The molecule has 2 aliphatic rings. The second-order valence-electron chi connectivity index (χ2n) is 7.75. The van der Waals surface area contributed by atoms with Gasteiger partial charge in [-0.05, 0) is 51.9 Å². The molecule has 3 atom stereocenters. The number of hydrogen-bond acceptors (Lipinski definition) is 3. The van der Waals surface area contributed by atoms with Crippen LogP contribution in [0.25, 0.3) is 0 Å². The lowest BCUT2D eigenvalue weighted by Crippen LogP contribution is -2.53. The van der Waals surface area contributed by atoms with Crippen molar-refractivity contribution >= 4 is 12.1 Å². The van der Waals surface area contributed by atoms with Crippen molar-refractivity contribution in [1.82, 2.24) is 5.32 Å². The van der Waals surface area contributed by atoms with Crippen LogP contribution in [0.15, 0.2) is 11.6 Å². The maximum Gasteiger partial charge on any atom is 0.407 e. The van der Waals surface area contributed by atoms with Gasteiger partial charge in [0.25, 0.3) is 0 Å². The van der Waals surface area contributed by atoms with E-state index in [1.807, 2.05) is 6.08 Å². The molecule has 0 saturated heterocycles. The van der Waals surface area contributed by atoms with E-state index in [9.17, 15) is 19.1 Å². The molecular formula is C17H26FNO4. The lowest BCUT2D eigenvalue weighted by molar-refractivity contribution is -0.144. The summed E-state index contributed by atoms with van der Waals surface area (Å²) in [5.41, 5.74) is 0.00573. The molecule has 2 N–H and O–H groups in total. The summed E-state index contributed by atoms with van der Waals surface area (Å²) >= 11 is 0. The van der Waals surface area contributed by atoms with Crippen molar-refractivity contribution in [3.8, 4) is 0 Å². The summed E-state index contributed by atoms with van der Waals surface area (Å²) in [6.45, 7) is 5.23. The summed E-state index contributed by atoms with van der Waals surface area (Å²) in [6, 6.07) is 0. The molecule has 0 heterocycles. The van der Waals surface area contributed by atoms with Crippen molar-refractivity contribution in [2.75, 3.05) is 13.2 Å². The van der Waals surface area contributed by atoms with E-state index in [0.29, 0.717) is 12.3 Å². The number of carbonyl (C=O) groups is 2. The SMILES string of the molecule is CC(C)(C)OC(=O)NC[C@]1(CC(=O)O)C[C@@H]2CC(CCF)=C[C@H]21. The molecule has 130 valence electrons. The first-order chi connectivity index (χ1) is 10.6. The highest BCUT2D eigenvalue weighted by molar-refractivity contribution is 5.70. The maximum atomic E-state index is 12.5.